The second kappa shape index (κ2) is 8.87. The van der Waals surface area contributed by atoms with Crippen molar-refractivity contribution in [1.29, 1.82) is 0 Å². The maximum absolute atomic E-state index is 12.5. The molecule has 0 spiro atoms. The number of furan rings is 1. The molecule has 0 unspecified atom stereocenters. The number of carbonyl (C=O) groups excluding carboxylic acids is 2. The molecule has 1 aliphatic rings. The van der Waals surface area contributed by atoms with Crippen molar-refractivity contribution in [3.63, 3.8) is 0 Å². The van der Waals surface area contributed by atoms with Crippen LogP contribution < -0.4 is 11.1 Å². The van der Waals surface area contributed by atoms with Crippen molar-refractivity contribution in [2.45, 2.75) is 32.4 Å². The van der Waals surface area contributed by atoms with E-state index in [1.165, 1.54) is 6.26 Å². The number of nitrogens with one attached hydrogen (secondary N) is 1. The normalized spacial score (nSPS) is 14.6. The summed E-state index contributed by atoms with van der Waals surface area (Å²) in [6.07, 6.45) is 2.91. The Hall–Kier alpha value is -2.31. The van der Waals surface area contributed by atoms with Crippen molar-refractivity contribution in [3.05, 3.63) is 59.0 Å². The second-order valence-electron chi connectivity index (χ2n) is 6.41. The van der Waals surface area contributed by atoms with Crippen LogP contribution in [0.5, 0.6) is 0 Å². The molecule has 1 aromatic carbocycles. The molecule has 140 valence electrons. The third kappa shape index (κ3) is 4.65. The smallest absolute Gasteiger partial charge is 0.254 e. The predicted molar refractivity (Wildman–Crippen MR) is 101 cm³/mol. The molecule has 3 N–H and O–H groups in total. The van der Waals surface area contributed by atoms with E-state index in [9.17, 15) is 9.59 Å². The quantitative estimate of drug-likeness (QED) is 0.856. The van der Waals surface area contributed by atoms with E-state index in [4.69, 9.17) is 10.2 Å². The van der Waals surface area contributed by atoms with Crippen molar-refractivity contribution in [2.75, 3.05) is 13.1 Å². The standard InChI is InChI=1S/C19H23N3O3.ClH/c1-13-2-4-14(5-3-13)19(24)22-8-6-16(7-9-22)21-18(23)15-10-17(11-20)25-12-15;/h2-5,10,12,16H,6-9,11,20H2,1H3,(H,21,23);1H. The Balaban J connectivity index is 0.00000243. The third-order valence-electron chi connectivity index (χ3n) is 4.53. The molecule has 7 heteroatoms. The summed E-state index contributed by atoms with van der Waals surface area (Å²) < 4.78 is 5.19. The molecule has 0 saturated carbocycles. The molecular formula is C19H24ClN3O3. The number of amides is 2. The molecule has 2 heterocycles. The van der Waals surface area contributed by atoms with Gasteiger partial charge in [0.15, 0.2) is 0 Å². The Bertz CT molecular complexity index is 750. The SMILES string of the molecule is Cc1ccc(C(=O)N2CCC(NC(=O)c3coc(CN)c3)CC2)cc1.Cl. The van der Waals surface area contributed by atoms with Gasteiger partial charge in [-0.25, -0.2) is 0 Å². The van der Waals surface area contributed by atoms with Crippen LogP contribution in [0.4, 0.5) is 0 Å². The van der Waals surface area contributed by atoms with Crippen molar-refractivity contribution >= 4 is 24.2 Å². The van der Waals surface area contributed by atoms with Gasteiger partial charge in [0, 0.05) is 24.7 Å². The monoisotopic (exact) mass is 377 g/mol. The maximum Gasteiger partial charge on any atom is 0.254 e. The summed E-state index contributed by atoms with van der Waals surface area (Å²) in [4.78, 5) is 26.6. The molecule has 1 fully saturated rings. The fourth-order valence-corrected chi connectivity index (χ4v) is 2.98. The van der Waals surface area contributed by atoms with Gasteiger partial charge in [0.25, 0.3) is 11.8 Å². The first-order valence-electron chi connectivity index (χ1n) is 8.51. The van der Waals surface area contributed by atoms with Crippen LogP contribution in [0.15, 0.2) is 41.0 Å². The van der Waals surface area contributed by atoms with E-state index in [1.807, 2.05) is 36.1 Å². The second-order valence-corrected chi connectivity index (χ2v) is 6.41. The number of hydrogen-bond acceptors (Lipinski definition) is 4. The Morgan fingerprint density at radius 1 is 1.19 bits per heavy atom. The molecule has 1 saturated heterocycles. The Morgan fingerprint density at radius 2 is 1.85 bits per heavy atom. The van der Waals surface area contributed by atoms with Crippen LogP contribution in [0.3, 0.4) is 0 Å². The molecule has 3 rings (SSSR count). The summed E-state index contributed by atoms with van der Waals surface area (Å²) >= 11 is 0. The topological polar surface area (TPSA) is 88.6 Å². The van der Waals surface area contributed by atoms with Gasteiger partial charge in [-0.3, -0.25) is 9.59 Å². The molecular weight excluding hydrogens is 354 g/mol. The largest absolute Gasteiger partial charge is 0.467 e. The van der Waals surface area contributed by atoms with Crippen LogP contribution in [-0.2, 0) is 6.54 Å². The van der Waals surface area contributed by atoms with Crippen LogP contribution >= 0.6 is 12.4 Å². The van der Waals surface area contributed by atoms with E-state index in [1.54, 1.807) is 6.07 Å². The lowest BCUT2D eigenvalue weighted by molar-refractivity contribution is 0.0698. The minimum absolute atomic E-state index is 0. The summed E-state index contributed by atoms with van der Waals surface area (Å²) in [7, 11) is 0. The van der Waals surface area contributed by atoms with E-state index in [0.717, 1.165) is 18.4 Å². The summed E-state index contributed by atoms with van der Waals surface area (Å²) in [6.45, 7) is 3.54. The van der Waals surface area contributed by atoms with Crippen molar-refractivity contribution in [3.8, 4) is 0 Å². The molecule has 0 atom stereocenters. The number of piperidine rings is 1. The highest BCUT2D eigenvalue weighted by molar-refractivity contribution is 5.95. The minimum atomic E-state index is -0.160. The number of carbonyl (C=O) groups is 2. The van der Waals surface area contributed by atoms with Gasteiger partial charge < -0.3 is 20.4 Å². The number of likely N-dealkylation sites (tertiary alicyclic amines) is 1. The van der Waals surface area contributed by atoms with Gasteiger partial charge >= 0.3 is 0 Å². The van der Waals surface area contributed by atoms with Gasteiger partial charge in [-0.1, -0.05) is 17.7 Å². The Labute approximate surface area is 159 Å². The Kier molecular flexibility index (Phi) is 6.83. The van der Waals surface area contributed by atoms with E-state index >= 15 is 0 Å². The summed E-state index contributed by atoms with van der Waals surface area (Å²) in [6, 6.07) is 9.33. The molecule has 6 nitrogen and oxygen atoms in total. The van der Waals surface area contributed by atoms with E-state index in [0.29, 0.717) is 30.0 Å². The maximum atomic E-state index is 12.5. The fourth-order valence-electron chi connectivity index (χ4n) is 2.98. The molecule has 0 aliphatic carbocycles. The summed E-state index contributed by atoms with van der Waals surface area (Å²) in [5.74, 6) is 0.475. The molecule has 1 aliphatic heterocycles. The zero-order chi connectivity index (χ0) is 17.8. The fraction of sp³-hybridized carbons (Fsp3) is 0.368. The number of nitrogens with two attached hydrogens (primary N) is 1. The Morgan fingerprint density at radius 3 is 2.42 bits per heavy atom. The number of aryl methyl sites for hydroxylation is 1. The molecule has 2 amide bonds. The van der Waals surface area contributed by atoms with Crippen LogP contribution in [0, 0.1) is 6.92 Å². The average molecular weight is 378 g/mol. The average Bonchev–Trinajstić information content (AvgIpc) is 3.12. The summed E-state index contributed by atoms with van der Waals surface area (Å²) in [5, 5.41) is 3.00. The number of rotatable bonds is 4. The van der Waals surface area contributed by atoms with Crippen molar-refractivity contribution < 1.29 is 14.0 Å². The summed E-state index contributed by atoms with van der Waals surface area (Å²) in [5.41, 5.74) is 7.81. The molecule has 0 radical (unpaired) electrons. The highest BCUT2D eigenvalue weighted by atomic mass is 35.5. The van der Waals surface area contributed by atoms with Gasteiger partial charge in [0.2, 0.25) is 0 Å². The minimum Gasteiger partial charge on any atom is -0.467 e. The molecule has 0 bridgehead atoms. The van der Waals surface area contributed by atoms with Crippen molar-refractivity contribution in [2.24, 2.45) is 5.73 Å². The number of benzene rings is 1. The van der Waals surface area contributed by atoms with Crippen LogP contribution in [0.1, 0.15) is 44.9 Å². The number of nitrogens with zero attached hydrogens (tertiary/aromatic N) is 1. The first-order chi connectivity index (χ1) is 12.1. The van der Waals surface area contributed by atoms with E-state index in [-0.39, 0.29) is 36.8 Å². The zero-order valence-electron chi connectivity index (χ0n) is 14.7. The lowest BCUT2D eigenvalue weighted by atomic mass is 10.0. The van der Waals surface area contributed by atoms with Crippen LogP contribution in [-0.4, -0.2) is 35.8 Å². The number of hydrogen-bond donors (Lipinski definition) is 2. The van der Waals surface area contributed by atoms with Gasteiger partial charge in [-0.05, 0) is 38.0 Å². The molecule has 2 aromatic rings. The highest BCUT2D eigenvalue weighted by Crippen LogP contribution is 2.16. The first-order valence-corrected chi connectivity index (χ1v) is 8.51. The van der Waals surface area contributed by atoms with Crippen LogP contribution in [0.2, 0.25) is 0 Å². The van der Waals surface area contributed by atoms with Gasteiger partial charge in [0.1, 0.15) is 12.0 Å². The van der Waals surface area contributed by atoms with Gasteiger partial charge in [-0.2, -0.15) is 0 Å². The first kappa shape index (κ1) is 20.0. The number of halogens is 1. The van der Waals surface area contributed by atoms with E-state index in [2.05, 4.69) is 5.32 Å². The lowest BCUT2D eigenvalue weighted by Gasteiger charge is -2.32. The lowest BCUT2D eigenvalue weighted by Crippen LogP contribution is -2.46. The van der Waals surface area contributed by atoms with Gasteiger partial charge in [-0.15, -0.1) is 12.4 Å². The zero-order valence-corrected chi connectivity index (χ0v) is 15.6. The molecule has 26 heavy (non-hydrogen) atoms. The molecule has 1 aromatic heterocycles. The van der Waals surface area contributed by atoms with Gasteiger partial charge in [0.05, 0.1) is 12.1 Å². The van der Waals surface area contributed by atoms with Crippen molar-refractivity contribution in [1.82, 2.24) is 10.2 Å². The predicted octanol–water partition coefficient (Wildman–Crippen LogP) is 2.50. The highest BCUT2D eigenvalue weighted by Gasteiger charge is 2.25. The van der Waals surface area contributed by atoms with E-state index < -0.39 is 0 Å². The van der Waals surface area contributed by atoms with Crippen LogP contribution in [0.25, 0.3) is 0 Å². The third-order valence-corrected chi connectivity index (χ3v) is 4.53.